The lowest BCUT2D eigenvalue weighted by Crippen LogP contribution is -2.15. The number of carbonyl (C=O) groups is 1. The second-order valence-electron chi connectivity index (χ2n) is 10.6. The van der Waals surface area contributed by atoms with Gasteiger partial charge in [0.1, 0.15) is 5.01 Å². The van der Waals surface area contributed by atoms with E-state index in [1.54, 1.807) is 11.3 Å². The van der Waals surface area contributed by atoms with E-state index in [4.69, 9.17) is 4.98 Å². The number of nitrogens with one attached hydrogen (secondary N) is 1. The smallest absolute Gasteiger partial charge is 0.234 e. The van der Waals surface area contributed by atoms with Gasteiger partial charge in [-0.3, -0.25) is 9.36 Å². The molecule has 39 heavy (non-hydrogen) atoms. The minimum atomic E-state index is -0.0648. The maximum atomic E-state index is 12.8. The van der Waals surface area contributed by atoms with Crippen LogP contribution in [0.3, 0.4) is 0 Å². The van der Waals surface area contributed by atoms with Crippen LogP contribution in [0.2, 0.25) is 0 Å². The Balaban J connectivity index is 1.12. The van der Waals surface area contributed by atoms with Crippen molar-refractivity contribution in [1.82, 2.24) is 19.7 Å². The lowest BCUT2D eigenvalue weighted by atomic mass is 9.88. The number of thioether (sulfide) groups is 1. The first-order valence-corrected chi connectivity index (χ1v) is 16.0. The van der Waals surface area contributed by atoms with E-state index in [-0.39, 0.29) is 17.7 Å². The predicted octanol–water partition coefficient (Wildman–Crippen LogP) is 8.03. The molecule has 6 nitrogen and oxygen atoms in total. The maximum absolute atomic E-state index is 12.8. The van der Waals surface area contributed by atoms with Crippen molar-refractivity contribution in [2.24, 2.45) is 5.92 Å². The molecule has 0 radical (unpaired) electrons. The number of aryl methyl sites for hydroxylation is 1. The number of aromatic nitrogens is 4. The SMILES string of the molecule is Cc1ccc2nc(-c3ccc(NC(=O)CSc4nnc(-c5csc6c5CCC(C)C6)n4C(C)C)cc3)sc2c1. The molecule has 3 heterocycles. The van der Waals surface area contributed by atoms with Crippen LogP contribution < -0.4 is 5.32 Å². The molecule has 200 valence electrons. The summed E-state index contributed by atoms with van der Waals surface area (Å²) in [5, 5.41) is 16.1. The third-order valence-electron chi connectivity index (χ3n) is 7.12. The van der Waals surface area contributed by atoms with Gasteiger partial charge in [-0.2, -0.15) is 0 Å². The van der Waals surface area contributed by atoms with Crippen LogP contribution in [-0.2, 0) is 17.6 Å². The second-order valence-corrected chi connectivity index (χ2v) is 13.5. The molecule has 5 aromatic rings. The number of carbonyl (C=O) groups excluding carboxylic acids is 1. The van der Waals surface area contributed by atoms with Crippen LogP contribution in [0.1, 0.15) is 49.2 Å². The largest absolute Gasteiger partial charge is 0.325 e. The molecule has 0 saturated carbocycles. The van der Waals surface area contributed by atoms with E-state index in [1.807, 2.05) is 35.6 Å². The number of hydrogen-bond donors (Lipinski definition) is 1. The summed E-state index contributed by atoms with van der Waals surface area (Å²) in [6, 6.07) is 14.4. The molecule has 1 amide bonds. The number of hydrogen-bond acceptors (Lipinski definition) is 7. The zero-order valence-corrected chi connectivity index (χ0v) is 25.0. The van der Waals surface area contributed by atoms with E-state index in [2.05, 4.69) is 71.4 Å². The Morgan fingerprint density at radius 3 is 2.79 bits per heavy atom. The van der Waals surface area contributed by atoms with Crippen molar-refractivity contribution in [3.63, 3.8) is 0 Å². The number of fused-ring (bicyclic) bond motifs is 2. The summed E-state index contributed by atoms with van der Waals surface area (Å²) in [5.41, 5.74) is 6.71. The number of anilines is 1. The number of rotatable bonds is 7. The second kappa shape index (κ2) is 10.9. The highest BCUT2D eigenvalue weighted by Crippen LogP contribution is 2.39. The fourth-order valence-electron chi connectivity index (χ4n) is 5.07. The summed E-state index contributed by atoms with van der Waals surface area (Å²) in [7, 11) is 0. The molecule has 1 atom stereocenters. The first kappa shape index (κ1) is 26.2. The molecule has 0 saturated heterocycles. The summed E-state index contributed by atoms with van der Waals surface area (Å²) in [5.74, 6) is 1.86. The van der Waals surface area contributed by atoms with Gasteiger partial charge >= 0.3 is 0 Å². The van der Waals surface area contributed by atoms with Gasteiger partial charge in [-0.1, -0.05) is 24.8 Å². The Bertz CT molecular complexity index is 1650. The van der Waals surface area contributed by atoms with Crippen molar-refractivity contribution in [2.75, 3.05) is 11.1 Å². The van der Waals surface area contributed by atoms with Gasteiger partial charge in [0, 0.05) is 33.1 Å². The van der Waals surface area contributed by atoms with Gasteiger partial charge in [0.05, 0.1) is 16.0 Å². The Labute approximate surface area is 240 Å². The number of thiophene rings is 1. The Morgan fingerprint density at radius 1 is 1.18 bits per heavy atom. The molecule has 1 aliphatic carbocycles. The Morgan fingerprint density at radius 2 is 2.00 bits per heavy atom. The lowest BCUT2D eigenvalue weighted by molar-refractivity contribution is -0.113. The van der Waals surface area contributed by atoms with Gasteiger partial charge in [0.25, 0.3) is 0 Å². The van der Waals surface area contributed by atoms with E-state index >= 15 is 0 Å². The van der Waals surface area contributed by atoms with Crippen LogP contribution in [-0.4, -0.2) is 31.4 Å². The standard InChI is InChI=1S/C30H31N5OS3/c1-17(2)35-28(23-15-37-25-13-18(3)5-11-22(23)25)33-34-30(35)38-16-27(36)31-21-9-7-20(8-10-21)29-32-24-12-6-19(4)14-26(24)39-29/h6-10,12,14-15,17-18H,5,11,13,16H2,1-4H3,(H,31,36). The fourth-order valence-corrected chi connectivity index (χ4v) is 8.25. The number of nitrogens with zero attached hydrogens (tertiary/aromatic N) is 4. The van der Waals surface area contributed by atoms with Crippen molar-refractivity contribution in [3.8, 4) is 22.0 Å². The van der Waals surface area contributed by atoms with Crippen LogP contribution in [0.25, 0.3) is 32.2 Å². The fraction of sp³-hybridized carbons (Fsp3) is 0.333. The van der Waals surface area contributed by atoms with E-state index in [9.17, 15) is 4.79 Å². The number of benzene rings is 2. The molecule has 0 spiro atoms. The van der Waals surface area contributed by atoms with Gasteiger partial charge in [-0.25, -0.2) is 4.98 Å². The molecule has 1 aliphatic rings. The van der Waals surface area contributed by atoms with Gasteiger partial charge in [-0.15, -0.1) is 32.9 Å². The van der Waals surface area contributed by atoms with Crippen LogP contribution in [0.15, 0.2) is 53.0 Å². The Kier molecular flexibility index (Phi) is 7.31. The molecule has 6 rings (SSSR count). The van der Waals surface area contributed by atoms with E-state index in [1.165, 1.54) is 44.5 Å². The highest BCUT2D eigenvalue weighted by Gasteiger charge is 2.25. The van der Waals surface area contributed by atoms with Crippen LogP contribution in [0.4, 0.5) is 5.69 Å². The third kappa shape index (κ3) is 5.40. The van der Waals surface area contributed by atoms with Crippen molar-refractivity contribution in [2.45, 2.75) is 58.2 Å². The summed E-state index contributed by atoms with van der Waals surface area (Å²) >= 11 is 4.97. The first-order valence-electron chi connectivity index (χ1n) is 13.3. The zero-order valence-electron chi connectivity index (χ0n) is 22.5. The molecule has 1 N–H and O–H groups in total. The van der Waals surface area contributed by atoms with Crippen molar-refractivity contribution in [1.29, 1.82) is 0 Å². The molecule has 3 aromatic heterocycles. The Hall–Kier alpha value is -3.01. The van der Waals surface area contributed by atoms with Gasteiger partial charge in [-0.05, 0) is 93.5 Å². The highest BCUT2D eigenvalue weighted by molar-refractivity contribution is 7.99. The molecule has 2 aromatic carbocycles. The lowest BCUT2D eigenvalue weighted by Gasteiger charge is -2.19. The molecule has 0 fully saturated rings. The summed E-state index contributed by atoms with van der Waals surface area (Å²) in [4.78, 5) is 19.1. The third-order valence-corrected chi connectivity index (χ3v) is 10.2. The monoisotopic (exact) mass is 573 g/mol. The van der Waals surface area contributed by atoms with Gasteiger partial charge in [0.15, 0.2) is 11.0 Å². The number of amides is 1. The molecular formula is C30H31N5OS3. The highest BCUT2D eigenvalue weighted by atomic mass is 32.2. The normalized spacial score (nSPS) is 15.2. The summed E-state index contributed by atoms with van der Waals surface area (Å²) < 4.78 is 3.36. The van der Waals surface area contributed by atoms with Gasteiger partial charge in [0.2, 0.25) is 5.91 Å². The van der Waals surface area contributed by atoms with Crippen LogP contribution >= 0.6 is 34.4 Å². The van der Waals surface area contributed by atoms with Crippen LogP contribution in [0.5, 0.6) is 0 Å². The zero-order chi connectivity index (χ0) is 27.1. The van der Waals surface area contributed by atoms with Crippen molar-refractivity contribution >= 4 is 56.2 Å². The van der Waals surface area contributed by atoms with Crippen molar-refractivity contribution < 1.29 is 4.79 Å². The van der Waals surface area contributed by atoms with E-state index < -0.39 is 0 Å². The first-order chi connectivity index (χ1) is 18.9. The molecule has 9 heteroatoms. The minimum Gasteiger partial charge on any atom is -0.325 e. The van der Waals surface area contributed by atoms with Crippen LogP contribution in [0, 0.1) is 12.8 Å². The average molecular weight is 574 g/mol. The molecule has 0 bridgehead atoms. The minimum absolute atomic E-state index is 0.0648. The number of thiazole rings is 1. The molecule has 1 unspecified atom stereocenters. The predicted molar refractivity (Wildman–Crippen MR) is 164 cm³/mol. The summed E-state index contributed by atoms with van der Waals surface area (Å²) in [6.07, 6.45) is 3.47. The van der Waals surface area contributed by atoms with Crippen molar-refractivity contribution in [3.05, 3.63) is 63.8 Å². The quantitative estimate of drug-likeness (QED) is 0.200. The van der Waals surface area contributed by atoms with E-state index in [0.717, 1.165) is 51.5 Å². The topological polar surface area (TPSA) is 72.7 Å². The average Bonchev–Trinajstić information content (AvgIpc) is 3.63. The summed E-state index contributed by atoms with van der Waals surface area (Å²) in [6.45, 7) is 8.71. The van der Waals surface area contributed by atoms with E-state index in [0.29, 0.717) is 0 Å². The molecular weight excluding hydrogens is 543 g/mol. The maximum Gasteiger partial charge on any atom is 0.234 e. The molecule has 0 aliphatic heterocycles. The van der Waals surface area contributed by atoms with Gasteiger partial charge < -0.3 is 5.32 Å².